The highest BCUT2D eigenvalue weighted by atomic mass is 16.6. The summed E-state index contributed by atoms with van der Waals surface area (Å²) in [5.74, 6) is 0. The number of hydrogen-bond donors (Lipinski definition) is 2. The van der Waals surface area contributed by atoms with E-state index in [1.54, 1.807) is 29.2 Å². The van der Waals surface area contributed by atoms with Crippen molar-refractivity contribution in [1.82, 2.24) is 4.90 Å². The van der Waals surface area contributed by atoms with Gasteiger partial charge in [0.15, 0.2) is 0 Å². The molecule has 0 aliphatic carbocycles. The van der Waals surface area contributed by atoms with Gasteiger partial charge in [-0.15, -0.1) is 0 Å². The maximum atomic E-state index is 12.6. The van der Waals surface area contributed by atoms with E-state index in [9.17, 15) is 14.7 Å². The number of benzene rings is 2. The molecule has 2 saturated heterocycles. The number of carbonyl (C=O) groups is 2. The van der Waals surface area contributed by atoms with Gasteiger partial charge >= 0.3 is 12.1 Å². The number of ether oxygens (including phenoxy) is 1. The first-order chi connectivity index (χ1) is 13.0. The third kappa shape index (κ3) is 3.46. The molecule has 7 heteroatoms. The summed E-state index contributed by atoms with van der Waals surface area (Å²) in [6.45, 7) is 1.56. The van der Waals surface area contributed by atoms with Crippen LogP contribution in [0.25, 0.3) is 0 Å². The minimum atomic E-state index is -1.03. The van der Waals surface area contributed by atoms with Crippen LogP contribution in [-0.2, 0) is 10.3 Å². The molecule has 0 radical (unpaired) electrons. The fourth-order valence-corrected chi connectivity index (χ4v) is 3.53. The fourth-order valence-electron chi connectivity index (χ4n) is 3.53. The van der Waals surface area contributed by atoms with Crippen LogP contribution in [0, 0.1) is 0 Å². The predicted octanol–water partition coefficient (Wildman–Crippen LogP) is 2.77. The van der Waals surface area contributed by atoms with Gasteiger partial charge in [-0.2, -0.15) is 0 Å². The van der Waals surface area contributed by atoms with E-state index in [4.69, 9.17) is 4.74 Å². The van der Waals surface area contributed by atoms with E-state index < -0.39 is 5.60 Å². The molecule has 2 aliphatic rings. The highest BCUT2D eigenvalue weighted by molar-refractivity contribution is 5.93. The molecule has 2 heterocycles. The molecule has 0 saturated carbocycles. The second kappa shape index (κ2) is 6.92. The van der Waals surface area contributed by atoms with E-state index in [0.717, 1.165) is 5.56 Å². The largest absolute Gasteiger partial charge is 0.447 e. The van der Waals surface area contributed by atoms with Crippen LogP contribution >= 0.6 is 0 Å². The van der Waals surface area contributed by atoms with Gasteiger partial charge in [0.1, 0.15) is 12.2 Å². The average Bonchev–Trinajstić information content (AvgIpc) is 3.29. The van der Waals surface area contributed by atoms with Crippen molar-refractivity contribution >= 4 is 23.5 Å². The summed E-state index contributed by atoms with van der Waals surface area (Å²) in [5, 5.41) is 13.7. The topological polar surface area (TPSA) is 82.1 Å². The second-order valence-electron chi connectivity index (χ2n) is 6.82. The van der Waals surface area contributed by atoms with Gasteiger partial charge < -0.3 is 20.1 Å². The van der Waals surface area contributed by atoms with E-state index in [1.165, 1.54) is 4.90 Å². The third-order valence-electron chi connectivity index (χ3n) is 5.02. The number of likely N-dealkylation sites (tertiary alicyclic amines) is 1. The Kier molecular flexibility index (Phi) is 4.45. The quantitative estimate of drug-likeness (QED) is 0.874. The van der Waals surface area contributed by atoms with Gasteiger partial charge in [0.2, 0.25) is 0 Å². The van der Waals surface area contributed by atoms with Gasteiger partial charge in [0.05, 0.1) is 13.1 Å². The lowest BCUT2D eigenvalue weighted by atomic mass is 9.93. The molecular formula is C20H21N3O4. The standard InChI is InChI=1S/C20H21N3O4/c24-18(22-10-9-20(26,14-22)15-5-2-1-3-6-15)21-16-7-4-8-17(13-16)23-11-12-27-19(23)25/h1-8,13,26H,9-12,14H2,(H,21,24)/t20-/m0/s1. The Balaban J connectivity index is 1.43. The lowest BCUT2D eigenvalue weighted by Gasteiger charge is -2.24. The van der Waals surface area contributed by atoms with Crippen LogP contribution in [0.3, 0.4) is 0 Å². The Morgan fingerprint density at radius 2 is 1.93 bits per heavy atom. The summed E-state index contributed by atoms with van der Waals surface area (Å²) in [5.41, 5.74) is 1.06. The summed E-state index contributed by atoms with van der Waals surface area (Å²) in [7, 11) is 0. The number of aliphatic hydroxyl groups is 1. The highest BCUT2D eigenvalue weighted by Gasteiger charge is 2.39. The Bertz CT molecular complexity index is 857. The van der Waals surface area contributed by atoms with Crippen LogP contribution in [0.1, 0.15) is 12.0 Å². The third-order valence-corrected chi connectivity index (χ3v) is 5.02. The van der Waals surface area contributed by atoms with Gasteiger partial charge in [-0.1, -0.05) is 36.4 Å². The number of carbonyl (C=O) groups excluding carboxylic acids is 2. The number of β-amino-alcohol motifs (C(OH)–C–C–N with tert-alkyl or cyclic N) is 1. The molecule has 4 rings (SSSR count). The van der Waals surface area contributed by atoms with E-state index in [1.807, 2.05) is 30.3 Å². The Labute approximate surface area is 157 Å². The lowest BCUT2D eigenvalue weighted by molar-refractivity contribution is 0.0500. The van der Waals surface area contributed by atoms with Crippen molar-refractivity contribution in [2.45, 2.75) is 12.0 Å². The van der Waals surface area contributed by atoms with Crippen molar-refractivity contribution in [3.63, 3.8) is 0 Å². The Morgan fingerprint density at radius 3 is 2.67 bits per heavy atom. The highest BCUT2D eigenvalue weighted by Crippen LogP contribution is 2.32. The van der Waals surface area contributed by atoms with Crippen LogP contribution in [0.2, 0.25) is 0 Å². The first-order valence-corrected chi connectivity index (χ1v) is 8.93. The number of cyclic esters (lactones) is 1. The molecule has 2 fully saturated rings. The molecule has 1 atom stereocenters. The molecule has 7 nitrogen and oxygen atoms in total. The number of nitrogens with one attached hydrogen (secondary N) is 1. The number of anilines is 2. The van der Waals surface area contributed by atoms with Gasteiger partial charge in [0.25, 0.3) is 0 Å². The Hall–Kier alpha value is -3.06. The molecule has 2 N–H and O–H groups in total. The van der Waals surface area contributed by atoms with Crippen LogP contribution in [0.15, 0.2) is 54.6 Å². The van der Waals surface area contributed by atoms with Crippen LogP contribution in [0.4, 0.5) is 21.0 Å². The second-order valence-corrected chi connectivity index (χ2v) is 6.82. The molecule has 0 spiro atoms. The molecule has 27 heavy (non-hydrogen) atoms. The molecule has 2 aliphatic heterocycles. The number of amides is 3. The van der Waals surface area contributed by atoms with Gasteiger partial charge in [-0.25, -0.2) is 9.59 Å². The van der Waals surface area contributed by atoms with Crippen LogP contribution < -0.4 is 10.2 Å². The molecule has 2 aromatic carbocycles. The Morgan fingerprint density at radius 1 is 1.11 bits per heavy atom. The zero-order chi connectivity index (χ0) is 18.9. The van der Waals surface area contributed by atoms with Crippen molar-refractivity contribution in [1.29, 1.82) is 0 Å². The summed E-state index contributed by atoms with van der Waals surface area (Å²) in [4.78, 5) is 27.5. The van der Waals surface area contributed by atoms with E-state index in [-0.39, 0.29) is 18.7 Å². The van der Waals surface area contributed by atoms with Gasteiger partial charge in [-0.05, 0) is 30.2 Å². The predicted molar refractivity (Wildman–Crippen MR) is 101 cm³/mol. The van der Waals surface area contributed by atoms with Gasteiger partial charge in [-0.3, -0.25) is 4.90 Å². The number of rotatable bonds is 3. The minimum absolute atomic E-state index is 0.237. The molecule has 2 aromatic rings. The minimum Gasteiger partial charge on any atom is -0.447 e. The molecule has 0 bridgehead atoms. The molecule has 0 unspecified atom stereocenters. The summed E-state index contributed by atoms with van der Waals surface area (Å²) in [6, 6.07) is 16.2. The zero-order valence-electron chi connectivity index (χ0n) is 14.8. The molecule has 140 valence electrons. The van der Waals surface area contributed by atoms with Crippen molar-refractivity contribution in [2.75, 3.05) is 36.5 Å². The lowest BCUT2D eigenvalue weighted by Crippen LogP contribution is -2.37. The van der Waals surface area contributed by atoms with Crippen molar-refractivity contribution in [2.24, 2.45) is 0 Å². The van der Waals surface area contributed by atoms with E-state index in [0.29, 0.717) is 37.5 Å². The molecule has 3 amide bonds. The van der Waals surface area contributed by atoms with Crippen molar-refractivity contribution in [3.8, 4) is 0 Å². The van der Waals surface area contributed by atoms with Crippen LogP contribution in [0.5, 0.6) is 0 Å². The maximum absolute atomic E-state index is 12.6. The molecular weight excluding hydrogens is 346 g/mol. The maximum Gasteiger partial charge on any atom is 0.414 e. The number of nitrogens with zero attached hydrogens (tertiary/aromatic N) is 2. The summed E-state index contributed by atoms with van der Waals surface area (Å²) in [6.07, 6.45) is 0.107. The summed E-state index contributed by atoms with van der Waals surface area (Å²) >= 11 is 0. The monoisotopic (exact) mass is 367 g/mol. The summed E-state index contributed by atoms with van der Waals surface area (Å²) < 4.78 is 4.95. The first-order valence-electron chi connectivity index (χ1n) is 8.93. The first kappa shape index (κ1) is 17.4. The molecule has 0 aromatic heterocycles. The van der Waals surface area contributed by atoms with Crippen molar-refractivity contribution in [3.05, 3.63) is 60.2 Å². The fraction of sp³-hybridized carbons (Fsp3) is 0.300. The smallest absolute Gasteiger partial charge is 0.414 e. The normalized spacial score (nSPS) is 22.0. The van der Waals surface area contributed by atoms with Gasteiger partial charge in [0, 0.05) is 17.9 Å². The van der Waals surface area contributed by atoms with Crippen LogP contribution in [-0.4, -0.2) is 48.4 Å². The number of hydrogen-bond acceptors (Lipinski definition) is 4. The SMILES string of the molecule is O=C(Nc1cccc(N2CCOC2=O)c1)N1CC[C@@](O)(c2ccccc2)C1. The zero-order valence-corrected chi connectivity index (χ0v) is 14.8. The van der Waals surface area contributed by atoms with Crippen molar-refractivity contribution < 1.29 is 19.4 Å². The number of urea groups is 1. The average molecular weight is 367 g/mol. The van der Waals surface area contributed by atoms with E-state index >= 15 is 0 Å². The van der Waals surface area contributed by atoms with E-state index in [2.05, 4.69) is 5.32 Å².